The molecular formula is C14H12N4O2S. The van der Waals surface area contributed by atoms with Crippen molar-refractivity contribution in [3.05, 3.63) is 48.7 Å². The zero-order valence-corrected chi connectivity index (χ0v) is 11.7. The van der Waals surface area contributed by atoms with Gasteiger partial charge in [-0.3, -0.25) is 4.98 Å². The number of benzene rings is 2. The Morgan fingerprint density at radius 3 is 2.43 bits per heavy atom. The van der Waals surface area contributed by atoms with Gasteiger partial charge in [0.1, 0.15) is 0 Å². The second-order valence-electron chi connectivity index (χ2n) is 4.54. The van der Waals surface area contributed by atoms with Crippen molar-refractivity contribution in [3.8, 4) is 11.3 Å². The first-order valence-corrected chi connectivity index (χ1v) is 7.64. The summed E-state index contributed by atoms with van der Waals surface area (Å²) in [5.41, 5.74) is 8.30. The number of para-hydroxylation sites is 2. The maximum Gasteiger partial charge on any atom is 0.238 e. The van der Waals surface area contributed by atoms with Crippen molar-refractivity contribution >= 4 is 26.7 Å². The highest BCUT2D eigenvalue weighted by molar-refractivity contribution is 7.89. The molecule has 0 fully saturated rings. The molecule has 106 valence electrons. The molecule has 2 aromatic carbocycles. The number of nitrogens with two attached hydrogens (primary N) is 2. The Morgan fingerprint density at radius 1 is 1.00 bits per heavy atom. The third-order valence-corrected chi connectivity index (χ3v) is 4.00. The summed E-state index contributed by atoms with van der Waals surface area (Å²) in [6, 6.07) is 11.7. The fraction of sp³-hybridized carbons (Fsp3) is 0. The minimum Gasteiger partial charge on any atom is -0.399 e. The maximum absolute atomic E-state index is 11.7. The fourth-order valence-corrected chi connectivity index (χ4v) is 2.81. The highest BCUT2D eigenvalue weighted by Crippen LogP contribution is 2.28. The van der Waals surface area contributed by atoms with Gasteiger partial charge < -0.3 is 5.73 Å². The van der Waals surface area contributed by atoms with E-state index in [9.17, 15) is 8.42 Å². The molecule has 6 nitrogen and oxygen atoms in total. The quantitative estimate of drug-likeness (QED) is 0.697. The monoisotopic (exact) mass is 300 g/mol. The third-order valence-electron chi connectivity index (χ3n) is 3.03. The smallest absolute Gasteiger partial charge is 0.238 e. The maximum atomic E-state index is 11.7. The van der Waals surface area contributed by atoms with Crippen LogP contribution in [0, 0.1) is 0 Å². The van der Waals surface area contributed by atoms with Gasteiger partial charge in [0.2, 0.25) is 10.0 Å². The third kappa shape index (κ3) is 2.56. The van der Waals surface area contributed by atoms with E-state index in [0.29, 0.717) is 22.5 Å². The SMILES string of the molecule is Nc1ccc(S(N)(=O)=O)c(-c2cnc3ccccc3n2)c1. The van der Waals surface area contributed by atoms with Crippen LogP contribution in [-0.2, 0) is 10.0 Å². The number of hydrogen-bond acceptors (Lipinski definition) is 5. The Labute approximate surface area is 121 Å². The zero-order chi connectivity index (χ0) is 15.0. The van der Waals surface area contributed by atoms with E-state index in [1.807, 2.05) is 18.2 Å². The van der Waals surface area contributed by atoms with Crippen molar-refractivity contribution in [1.29, 1.82) is 0 Å². The van der Waals surface area contributed by atoms with Crippen molar-refractivity contribution in [2.45, 2.75) is 4.90 Å². The van der Waals surface area contributed by atoms with E-state index in [0.717, 1.165) is 5.52 Å². The van der Waals surface area contributed by atoms with Gasteiger partial charge in [0.25, 0.3) is 0 Å². The summed E-state index contributed by atoms with van der Waals surface area (Å²) in [7, 11) is -3.87. The van der Waals surface area contributed by atoms with Crippen LogP contribution in [0.25, 0.3) is 22.3 Å². The van der Waals surface area contributed by atoms with Crippen LogP contribution < -0.4 is 10.9 Å². The van der Waals surface area contributed by atoms with Crippen LogP contribution >= 0.6 is 0 Å². The lowest BCUT2D eigenvalue weighted by molar-refractivity contribution is 0.598. The molecule has 0 atom stereocenters. The van der Waals surface area contributed by atoms with Crippen molar-refractivity contribution in [2.24, 2.45) is 5.14 Å². The molecule has 0 radical (unpaired) electrons. The molecule has 0 aliphatic carbocycles. The van der Waals surface area contributed by atoms with Gasteiger partial charge in [-0.2, -0.15) is 0 Å². The molecule has 0 aliphatic heterocycles. The van der Waals surface area contributed by atoms with E-state index in [4.69, 9.17) is 10.9 Å². The molecule has 0 spiro atoms. The number of fused-ring (bicyclic) bond motifs is 1. The predicted molar refractivity (Wildman–Crippen MR) is 80.8 cm³/mol. The first-order valence-electron chi connectivity index (χ1n) is 6.09. The summed E-state index contributed by atoms with van der Waals surface area (Å²) < 4.78 is 23.4. The number of anilines is 1. The van der Waals surface area contributed by atoms with Gasteiger partial charge in [-0.25, -0.2) is 18.5 Å². The highest BCUT2D eigenvalue weighted by Gasteiger charge is 2.17. The Morgan fingerprint density at radius 2 is 1.71 bits per heavy atom. The molecule has 3 rings (SSSR count). The van der Waals surface area contributed by atoms with Crippen LogP contribution in [-0.4, -0.2) is 18.4 Å². The minimum atomic E-state index is -3.87. The number of sulfonamides is 1. The number of nitrogen functional groups attached to an aromatic ring is 1. The topological polar surface area (TPSA) is 112 Å². The summed E-state index contributed by atoms with van der Waals surface area (Å²) in [5, 5.41) is 5.24. The van der Waals surface area contributed by atoms with Crippen LogP contribution in [0.2, 0.25) is 0 Å². The second-order valence-corrected chi connectivity index (χ2v) is 6.07. The molecule has 21 heavy (non-hydrogen) atoms. The zero-order valence-electron chi connectivity index (χ0n) is 10.9. The van der Waals surface area contributed by atoms with Crippen molar-refractivity contribution in [3.63, 3.8) is 0 Å². The van der Waals surface area contributed by atoms with E-state index < -0.39 is 10.0 Å². The lowest BCUT2D eigenvalue weighted by Gasteiger charge is -2.09. The first-order chi connectivity index (χ1) is 9.95. The van der Waals surface area contributed by atoms with Crippen LogP contribution in [0.5, 0.6) is 0 Å². The average Bonchev–Trinajstić information content (AvgIpc) is 2.45. The minimum absolute atomic E-state index is 0.0266. The van der Waals surface area contributed by atoms with E-state index in [2.05, 4.69) is 9.97 Å². The summed E-state index contributed by atoms with van der Waals surface area (Å²) in [6.45, 7) is 0. The van der Waals surface area contributed by atoms with Crippen LogP contribution in [0.1, 0.15) is 0 Å². The van der Waals surface area contributed by atoms with E-state index in [1.165, 1.54) is 24.4 Å². The Hall–Kier alpha value is -2.51. The lowest BCUT2D eigenvalue weighted by atomic mass is 10.1. The molecule has 0 saturated heterocycles. The van der Waals surface area contributed by atoms with Gasteiger partial charge in [0, 0.05) is 11.3 Å². The average molecular weight is 300 g/mol. The summed E-state index contributed by atoms with van der Waals surface area (Å²) >= 11 is 0. The van der Waals surface area contributed by atoms with Gasteiger partial charge in [-0.1, -0.05) is 12.1 Å². The molecule has 0 amide bonds. The number of hydrogen-bond donors (Lipinski definition) is 2. The number of rotatable bonds is 2. The van der Waals surface area contributed by atoms with Gasteiger partial charge in [0.05, 0.1) is 27.8 Å². The fourth-order valence-electron chi connectivity index (χ4n) is 2.08. The molecule has 0 aliphatic rings. The molecular weight excluding hydrogens is 288 g/mol. The van der Waals surface area contributed by atoms with Crippen LogP contribution in [0.3, 0.4) is 0 Å². The van der Waals surface area contributed by atoms with Gasteiger partial charge in [-0.15, -0.1) is 0 Å². The van der Waals surface area contributed by atoms with Crippen LogP contribution in [0.4, 0.5) is 5.69 Å². The number of primary sulfonamides is 1. The molecule has 0 saturated carbocycles. The van der Waals surface area contributed by atoms with Gasteiger partial charge >= 0.3 is 0 Å². The molecule has 0 unspecified atom stereocenters. The highest BCUT2D eigenvalue weighted by atomic mass is 32.2. The van der Waals surface area contributed by atoms with E-state index in [-0.39, 0.29) is 4.90 Å². The molecule has 3 aromatic rings. The summed E-state index contributed by atoms with van der Waals surface area (Å²) in [5.74, 6) is 0. The van der Waals surface area contributed by atoms with E-state index in [1.54, 1.807) is 6.07 Å². The van der Waals surface area contributed by atoms with Crippen molar-refractivity contribution in [1.82, 2.24) is 9.97 Å². The van der Waals surface area contributed by atoms with Crippen LogP contribution in [0.15, 0.2) is 53.6 Å². The molecule has 4 N–H and O–H groups in total. The Balaban J connectivity index is 2.29. The molecule has 0 bridgehead atoms. The van der Waals surface area contributed by atoms with Gasteiger partial charge in [-0.05, 0) is 30.3 Å². The van der Waals surface area contributed by atoms with Crippen molar-refractivity contribution in [2.75, 3.05) is 5.73 Å². The second kappa shape index (κ2) is 4.80. The first kappa shape index (κ1) is 13.5. The van der Waals surface area contributed by atoms with Crippen molar-refractivity contribution < 1.29 is 8.42 Å². The Kier molecular flexibility index (Phi) is 3.08. The molecule has 7 heteroatoms. The van der Waals surface area contributed by atoms with E-state index >= 15 is 0 Å². The summed E-state index contributed by atoms with van der Waals surface area (Å²) in [4.78, 5) is 8.67. The molecule has 1 heterocycles. The molecule has 1 aromatic heterocycles. The number of nitrogens with zero attached hydrogens (tertiary/aromatic N) is 2. The largest absolute Gasteiger partial charge is 0.399 e. The predicted octanol–water partition coefficient (Wildman–Crippen LogP) is 1.53. The lowest BCUT2D eigenvalue weighted by Crippen LogP contribution is -2.14. The standard InChI is InChI=1S/C14H12N4O2S/c15-9-5-6-14(21(16,19)20)10(7-9)13-8-17-11-3-1-2-4-12(11)18-13/h1-8H,15H2,(H2,16,19,20). The van der Waals surface area contributed by atoms with Gasteiger partial charge in [0.15, 0.2) is 0 Å². The number of aromatic nitrogens is 2. The Bertz CT molecular complexity index is 939. The normalized spacial score (nSPS) is 11.7. The summed E-state index contributed by atoms with van der Waals surface area (Å²) in [6.07, 6.45) is 1.51.